The van der Waals surface area contributed by atoms with Gasteiger partial charge in [0.2, 0.25) is 5.91 Å². The molecule has 140 valence electrons. The third-order valence-corrected chi connectivity index (χ3v) is 4.17. The highest BCUT2D eigenvalue weighted by Gasteiger charge is 2.25. The third-order valence-electron chi connectivity index (χ3n) is 4.17. The van der Waals surface area contributed by atoms with E-state index in [0.717, 1.165) is 5.56 Å². The summed E-state index contributed by atoms with van der Waals surface area (Å²) in [5.74, 6) is -0.343. The molecule has 2 unspecified atom stereocenters. The normalized spacial score (nSPS) is 12.6. The van der Waals surface area contributed by atoms with Crippen LogP contribution < -0.4 is 16.0 Å². The number of nitriles is 1. The molecule has 0 heterocycles. The van der Waals surface area contributed by atoms with Crippen LogP contribution in [0.15, 0.2) is 54.6 Å². The summed E-state index contributed by atoms with van der Waals surface area (Å²) in [7, 11) is 0. The first-order valence-electron chi connectivity index (χ1n) is 8.83. The van der Waals surface area contributed by atoms with E-state index in [4.69, 9.17) is 5.26 Å². The summed E-state index contributed by atoms with van der Waals surface area (Å²) in [6, 6.07) is 16.8. The lowest BCUT2D eigenvalue weighted by Gasteiger charge is -2.24. The Hall–Kier alpha value is -3.33. The van der Waals surface area contributed by atoms with Crippen LogP contribution in [0, 0.1) is 17.2 Å². The third kappa shape index (κ3) is 5.86. The topological polar surface area (TPSA) is 94.0 Å². The second kappa shape index (κ2) is 9.39. The summed E-state index contributed by atoms with van der Waals surface area (Å²) in [6.07, 6.45) is 0. The van der Waals surface area contributed by atoms with E-state index in [1.54, 1.807) is 24.3 Å². The highest BCUT2D eigenvalue weighted by Crippen LogP contribution is 2.14. The van der Waals surface area contributed by atoms with Crippen LogP contribution in [0.2, 0.25) is 0 Å². The zero-order chi connectivity index (χ0) is 19.8. The van der Waals surface area contributed by atoms with Crippen molar-refractivity contribution in [1.82, 2.24) is 10.6 Å². The van der Waals surface area contributed by atoms with Crippen LogP contribution >= 0.6 is 0 Å². The van der Waals surface area contributed by atoms with Gasteiger partial charge in [0.25, 0.3) is 0 Å². The van der Waals surface area contributed by atoms with Gasteiger partial charge >= 0.3 is 6.03 Å². The van der Waals surface area contributed by atoms with Gasteiger partial charge in [-0.25, -0.2) is 4.79 Å². The van der Waals surface area contributed by atoms with Gasteiger partial charge in [0.1, 0.15) is 6.04 Å². The number of nitrogens with one attached hydrogen (secondary N) is 3. The molecule has 0 saturated carbocycles. The van der Waals surface area contributed by atoms with Gasteiger partial charge in [-0.1, -0.05) is 44.2 Å². The summed E-state index contributed by atoms with van der Waals surface area (Å²) in [5.41, 5.74) is 2.11. The van der Waals surface area contributed by atoms with Gasteiger partial charge < -0.3 is 16.0 Å². The molecule has 2 atom stereocenters. The number of hydrogen-bond donors (Lipinski definition) is 3. The van der Waals surface area contributed by atoms with Crippen LogP contribution in [0.25, 0.3) is 0 Å². The first-order chi connectivity index (χ1) is 12.9. The minimum Gasteiger partial charge on any atom is -0.348 e. The number of benzene rings is 2. The Kier molecular flexibility index (Phi) is 6.95. The molecule has 2 aromatic rings. The Morgan fingerprint density at radius 1 is 0.926 bits per heavy atom. The SMILES string of the molecule is CC(NC(=O)C(NC(=O)Nc1ccccc1)C(C)C)c1ccc(C#N)cc1. The van der Waals surface area contributed by atoms with E-state index in [2.05, 4.69) is 22.0 Å². The summed E-state index contributed by atoms with van der Waals surface area (Å²) >= 11 is 0. The van der Waals surface area contributed by atoms with Crippen molar-refractivity contribution in [3.63, 3.8) is 0 Å². The number of rotatable bonds is 6. The smallest absolute Gasteiger partial charge is 0.319 e. The maximum Gasteiger partial charge on any atom is 0.319 e. The molecule has 0 aromatic heterocycles. The van der Waals surface area contributed by atoms with Crippen LogP contribution in [-0.4, -0.2) is 18.0 Å². The first-order valence-corrected chi connectivity index (χ1v) is 8.83. The van der Waals surface area contributed by atoms with Crippen LogP contribution in [-0.2, 0) is 4.79 Å². The van der Waals surface area contributed by atoms with Gasteiger partial charge in [-0.2, -0.15) is 5.26 Å². The molecule has 0 aliphatic heterocycles. The number of anilines is 1. The molecule has 0 radical (unpaired) electrons. The number of urea groups is 1. The Morgan fingerprint density at radius 3 is 2.11 bits per heavy atom. The minimum absolute atomic E-state index is 0.0836. The van der Waals surface area contributed by atoms with Gasteiger partial charge in [0, 0.05) is 5.69 Å². The molecule has 3 N–H and O–H groups in total. The molecule has 6 heteroatoms. The van der Waals surface area contributed by atoms with Crippen molar-refractivity contribution in [3.8, 4) is 6.07 Å². The maximum absolute atomic E-state index is 12.7. The van der Waals surface area contributed by atoms with Crippen molar-refractivity contribution in [2.45, 2.75) is 32.9 Å². The number of para-hydroxylation sites is 1. The molecule has 0 fully saturated rings. The zero-order valence-electron chi connectivity index (χ0n) is 15.7. The van der Waals surface area contributed by atoms with E-state index in [9.17, 15) is 9.59 Å². The lowest BCUT2D eigenvalue weighted by molar-refractivity contribution is -0.124. The summed E-state index contributed by atoms with van der Waals surface area (Å²) in [4.78, 5) is 24.9. The number of nitrogens with zero attached hydrogens (tertiary/aromatic N) is 1. The van der Waals surface area contributed by atoms with Crippen molar-refractivity contribution in [1.29, 1.82) is 5.26 Å². The summed E-state index contributed by atoms with van der Waals surface area (Å²) in [5, 5.41) is 17.2. The zero-order valence-corrected chi connectivity index (χ0v) is 15.7. The molecule has 27 heavy (non-hydrogen) atoms. The molecule has 2 aromatic carbocycles. The molecular weight excluding hydrogens is 340 g/mol. The van der Waals surface area contributed by atoms with Gasteiger partial charge in [0.15, 0.2) is 0 Å². The minimum atomic E-state index is -0.672. The number of carbonyl (C=O) groups is 2. The fourth-order valence-corrected chi connectivity index (χ4v) is 2.60. The number of carbonyl (C=O) groups excluding carboxylic acids is 2. The van der Waals surface area contributed by atoms with Crippen molar-refractivity contribution in [2.24, 2.45) is 5.92 Å². The van der Waals surface area contributed by atoms with Gasteiger partial charge in [-0.3, -0.25) is 4.79 Å². The average molecular weight is 364 g/mol. The first kappa shape index (κ1) is 20.0. The average Bonchev–Trinajstić information content (AvgIpc) is 2.66. The fraction of sp³-hybridized carbons (Fsp3) is 0.286. The standard InChI is InChI=1S/C21H24N4O2/c1-14(2)19(25-21(27)24-18-7-5-4-6-8-18)20(26)23-15(3)17-11-9-16(13-22)10-12-17/h4-12,14-15,19H,1-3H3,(H,23,26)(H2,24,25,27). The van der Waals surface area contributed by atoms with Crippen LogP contribution in [0.4, 0.5) is 10.5 Å². The van der Waals surface area contributed by atoms with E-state index in [-0.39, 0.29) is 17.9 Å². The molecule has 2 rings (SSSR count). The van der Waals surface area contributed by atoms with Crippen molar-refractivity contribution in [3.05, 3.63) is 65.7 Å². The highest BCUT2D eigenvalue weighted by atomic mass is 16.2. The van der Waals surface area contributed by atoms with Crippen LogP contribution in [0.3, 0.4) is 0 Å². The number of hydrogen-bond acceptors (Lipinski definition) is 3. The van der Waals surface area contributed by atoms with E-state index < -0.39 is 12.1 Å². The van der Waals surface area contributed by atoms with Crippen molar-refractivity contribution in [2.75, 3.05) is 5.32 Å². The lowest BCUT2D eigenvalue weighted by atomic mass is 10.0. The monoisotopic (exact) mass is 364 g/mol. The van der Waals surface area contributed by atoms with Crippen molar-refractivity contribution < 1.29 is 9.59 Å². The molecule has 3 amide bonds. The van der Waals surface area contributed by atoms with Gasteiger partial charge in [0.05, 0.1) is 17.7 Å². The summed E-state index contributed by atoms with van der Waals surface area (Å²) < 4.78 is 0. The Morgan fingerprint density at radius 2 is 1.56 bits per heavy atom. The maximum atomic E-state index is 12.7. The molecule has 6 nitrogen and oxygen atoms in total. The molecule has 0 spiro atoms. The Labute approximate surface area is 159 Å². The Bertz CT molecular complexity index is 810. The van der Waals surface area contributed by atoms with Gasteiger partial charge in [-0.05, 0) is 42.7 Å². The Balaban J connectivity index is 1.99. The van der Waals surface area contributed by atoms with E-state index in [0.29, 0.717) is 11.3 Å². The van der Waals surface area contributed by atoms with Gasteiger partial charge in [-0.15, -0.1) is 0 Å². The van der Waals surface area contributed by atoms with E-state index in [1.165, 1.54) is 0 Å². The van der Waals surface area contributed by atoms with E-state index >= 15 is 0 Å². The molecule has 0 aliphatic rings. The molecular formula is C21H24N4O2. The second-order valence-corrected chi connectivity index (χ2v) is 6.65. The fourth-order valence-electron chi connectivity index (χ4n) is 2.60. The predicted molar refractivity (Wildman–Crippen MR) is 105 cm³/mol. The summed E-state index contributed by atoms with van der Waals surface area (Å²) in [6.45, 7) is 5.61. The quantitative estimate of drug-likeness (QED) is 0.731. The molecule has 0 aliphatic carbocycles. The van der Waals surface area contributed by atoms with Crippen LogP contribution in [0.1, 0.15) is 37.9 Å². The number of amides is 3. The van der Waals surface area contributed by atoms with Crippen LogP contribution in [0.5, 0.6) is 0 Å². The molecule has 0 saturated heterocycles. The van der Waals surface area contributed by atoms with Crippen molar-refractivity contribution >= 4 is 17.6 Å². The highest BCUT2D eigenvalue weighted by molar-refractivity contribution is 5.93. The predicted octanol–water partition coefficient (Wildman–Crippen LogP) is 3.58. The molecule has 0 bridgehead atoms. The largest absolute Gasteiger partial charge is 0.348 e. The second-order valence-electron chi connectivity index (χ2n) is 6.65. The van der Waals surface area contributed by atoms with E-state index in [1.807, 2.05) is 51.1 Å². The lowest BCUT2D eigenvalue weighted by Crippen LogP contribution is -2.51.